The molecule has 0 atom stereocenters. The minimum Gasteiger partial charge on any atom is -0.454 e. The Balaban J connectivity index is 1.37. The summed E-state index contributed by atoms with van der Waals surface area (Å²) in [5.74, 6) is -1.58. The van der Waals surface area contributed by atoms with Gasteiger partial charge in [-0.3, -0.25) is 9.59 Å². The number of ketones is 2. The standard InChI is InChI=1S/C25H18O6S/c26-21(17-9-8-15-4-3-5-16(15)12-17)14-31-25(28)18-10-11-20-23(13-18)32(29,30)22-7-2-1-6-19(22)24(20)27/h1-2,6-13H,3-5,14H2. The number of hydrogen-bond donors (Lipinski definition) is 0. The average Bonchev–Trinajstić information content (AvgIpc) is 3.28. The summed E-state index contributed by atoms with van der Waals surface area (Å²) in [6.45, 7) is -0.455. The van der Waals surface area contributed by atoms with Gasteiger partial charge in [-0.15, -0.1) is 0 Å². The first kappa shape index (κ1) is 20.3. The van der Waals surface area contributed by atoms with Gasteiger partial charge < -0.3 is 4.74 Å². The maximum atomic E-state index is 13.0. The van der Waals surface area contributed by atoms with Crippen molar-refractivity contribution < 1.29 is 27.5 Å². The fourth-order valence-electron chi connectivity index (χ4n) is 4.25. The second-order valence-corrected chi connectivity index (χ2v) is 9.76. The van der Waals surface area contributed by atoms with Gasteiger partial charge in [-0.05, 0) is 66.8 Å². The van der Waals surface area contributed by atoms with Crippen molar-refractivity contribution in [3.05, 3.63) is 94.0 Å². The molecular formula is C25H18O6S. The lowest BCUT2D eigenvalue weighted by Gasteiger charge is -2.19. The van der Waals surface area contributed by atoms with Crippen molar-refractivity contribution in [2.24, 2.45) is 0 Å². The summed E-state index contributed by atoms with van der Waals surface area (Å²) < 4.78 is 31.2. The van der Waals surface area contributed by atoms with Crippen LogP contribution in [0.4, 0.5) is 0 Å². The SMILES string of the molecule is O=C(COC(=O)c1ccc2c(c1)S(=O)(=O)c1ccccc1C2=O)c1ccc2c(c1)CCC2. The van der Waals surface area contributed by atoms with E-state index in [-0.39, 0.29) is 32.3 Å². The van der Waals surface area contributed by atoms with Crippen LogP contribution >= 0.6 is 0 Å². The van der Waals surface area contributed by atoms with Crippen molar-refractivity contribution >= 4 is 27.4 Å². The molecule has 0 bridgehead atoms. The average molecular weight is 446 g/mol. The number of carbonyl (C=O) groups excluding carboxylic acids is 3. The molecule has 1 heterocycles. The molecule has 1 aliphatic heterocycles. The predicted molar refractivity (Wildman–Crippen MR) is 115 cm³/mol. The Morgan fingerprint density at radius 1 is 0.812 bits per heavy atom. The summed E-state index contributed by atoms with van der Waals surface area (Å²) >= 11 is 0. The molecule has 0 fully saturated rings. The molecule has 0 saturated carbocycles. The Hall–Kier alpha value is -3.58. The number of hydrogen-bond acceptors (Lipinski definition) is 6. The molecular weight excluding hydrogens is 428 g/mol. The Morgan fingerprint density at radius 3 is 2.38 bits per heavy atom. The van der Waals surface area contributed by atoms with E-state index in [0.29, 0.717) is 5.56 Å². The van der Waals surface area contributed by atoms with E-state index in [1.807, 2.05) is 12.1 Å². The molecule has 3 aromatic rings. The molecule has 7 heteroatoms. The molecule has 0 saturated heterocycles. The van der Waals surface area contributed by atoms with Gasteiger partial charge in [-0.1, -0.05) is 24.3 Å². The first-order chi connectivity index (χ1) is 15.4. The first-order valence-corrected chi connectivity index (χ1v) is 11.7. The van der Waals surface area contributed by atoms with Crippen molar-refractivity contribution in [2.75, 3.05) is 6.61 Å². The number of fused-ring (bicyclic) bond motifs is 3. The van der Waals surface area contributed by atoms with Gasteiger partial charge in [0.1, 0.15) is 0 Å². The van der Waals surface area contributed by atoms with Gasteiger partial charge in [-0.2, -0.15) is 0 Å². The van der Waals surface area contributed by atoms with Gasteiger partial charge in [0.25, 0.3) is 0 Å². The lowest BCUT2D eigenvalue weighted by Crippen LogP contribution is -2.21. The molecule has 0 radical (unpaired) electrons. The molecule has 1 aliphatic carbocycles. The second-order valence-electron chi connectivity index (χ2n) is 7.88. The largest absolute Gasteiger partial charge is 0.454 e. The van der Waals surface area contributed by atoms with Crippen LogP contribution < -0.4 is 0 Å². The van der Waals surface area contributed by atoms with Gasteiger partial charge in [0.2, 0.25) is 9.84 Å². The molecule has 0 spiro atoms. The van der Waals surface area contributed by atoms with E-state index in [9.17, 15) is 22.8 Å². The lowest BCUT2D eigenvalue weighted by molar-refractivity contribution is 0.0474. The summed E-state index contributed by atoms with van der Waals surface area (Å²) in [6.07, 6.45) is 3.00. The maximum absolute atomic E-state index is 13.0. The van der Waals surface area contributed by atoms with Crippen LogP contribution in [-0.2, 0) is 27.4 Å². The number of esters is 1. The summed E-state index contributed by atoms with van der Waals surface area (Å²) in [5, 5.41) is 0. The zero-order chi connectivity index (χ0) is 22.5. The lowest BCUT2D eigenvalue weighted by atomic mass is 10.0. The zero-order valence-electron chi connectivity index (χ0n) is 17.0. The van der Waals surface area contributed by atoms with Crippen LogP contribution in [0.3, 0.4) is 0 Å². The van der Waals surface area contributed by atoms with E-state index in [0.717, 1.165) is 30.9 Å². The predicted octanol–water partition coefficient (Wildman–Crippen LogP) is 3.59. The highest BCUT2D eigenvalue weighted by Gasteiger charge is 2.35. The second kappa shape index (κ2) is 7.53. The van der Waals surface area contributed by atoms with Gasteiger partial charge in [0, 0.05) is 16.7 Å². The van der Waals surface area contributed by atoms with Gasteiger partial charge in [0.05, 0.1) is 15.4 Å². The molecule has 0 aromatic heterocycles. The highest BCUT2D eigenvalue weighted by atomic mass is 32.2. The molecule has 0 unspecified atom stereocenters. The fraction of sp³-hybridized carbons (Fsp3) is 0.160. The molecule has 5 rings (SSSR count). The Bertz CT molecular complexity index is 1420. The number of aryl methyl sites for hydroxylation is 2. The zero-order valence-corrected chi connectivity index (χ0v) is 17.8. The number of Topliss-reactive ketones (excluding diaryl/α,β-unsaturated/α-hetero) is 1. The van der Waals surface area contributed by atoms with E-state index < -0.39 is 28.2 Å². The van der Waals surface area contributed by atoms with Crippen molar-refractivity contribution in [1.29, 1.82) is 0 Å². The third-order valence-corrected chi connectivity index (χ3v) is 7.78. The van der Waals surface area contributed by atoms with Crippen LogP contribution in [-0.4, -0.2) is 32.6 Å². The highest BCUT2D eigenvalue weighted by molar-refractivity contribution is 7.91. The molecule has 3 aromatic carbocycles. The van der Waals surface area contributed by atoms with E-state index in [2.05, 4.69) is 0 Å². The Labute approximate surface area is 184 Å². The molecule has 0 amide bonds. The van der Waals surface area contributed by atoms with Crippen LogP contribution in [0.2, 0.25) is 0 Å². The summed E-state index contributed by atoms with van der Waals surface area (Å²) in [5.41, 5.74) is 2.94. The van der Waals surface area contributed by atoms with E-state index in [1.54, 1.807) is 12.1 Å². The third kappa shape index (κ3) is 3.26. The van der Waals surface area contributed by atoms with Gasteiger partial charge in [0.15, 0.2) is 18.2 Å². The number of carbonyl (C=O) groups is 3. The maximum Gasteiger partial charge on any atom is 0.338 e. The van der Waals surface area contributed by atoms with E-state index >= 15 is 0 Å². The Kier molecular flexibility index (Phi) is 4.78. The molecule has 32 heavy (non-hydrogen) atoms. The number of benzene rings is 3. The van der Waals surface area contributed by atoms with Crippen molar-refractivity contribution in [3.63, 3.8) is 0 Å². The van der Waals surface area contributed by atoms with Crippen molar-refractivity contribution in [1.82, 2.24) is 0 Å². The summed E-state index contributed by atoms with van der Waals surface area (Å²) in [7, 11) is -3.97. The number of rotatable bonds is 4. The molecule has 0 N–H and O–H groups in total. The molecule has 6 nitrogen and oxygen atoms in total. The molecule has 160 valence electrons. The first-order valence-electron chi connectivity index (χ1n) is 10.2. The van der Waals surface area contributed by atoms with Crippen LogP contribution in [0.5, 0.6) is 0 Å². The van der Waals surface area contributed by atoms with E-state index in [4.69, 9.17) is 4.74 Å². The summed E-state index contributed by atoms with van der Waals surface area (Å²) in [6, 6.07) is 15.3. The van der Waals surface area contributed by atoms with Gasteiger partial charge in [-0.25, -0.2) is 13.2 Å². The minimum absolute atomic E-state index is 0.00877. The fourth-order valence-corrected chi connectivity index (χ4v) is 5.93. The van der Waals surface area contributed by atoms with Gasteiger partial charge >= 0.3 is 5.97 Å². The van der Waals surface area contributed by atoms with Crippen LogP contribution in [0.1, 0.15) is 54.2 Å². The van der Waals surface area contributed by atoms with Crippen LogP contribution in [0.15, 0.2) is 70.5 Å². The minimum atomic E-state index is -3.97. The number of sulfone groups is 1. The smallest absolute Gasteiger partial charge is 0.338 e. The van der Waals surface area contributed by atoms with Crippen LogP contribution in [0.25, 0.3) is 0 Å². The van der Waals surface area contributed by atoms with Crippen molar-refractivity contribution in [2.45, 2.75) is 29.1 Å². The Morgan fingerprint density at radius 2 is 1.53 bits per heavy atom. The van der Waals surface area contributed by atoms with Crippen LogP contribution in [0, 0.1) is 0 Å². The normalized spacial score (nSPS) is 15.4. The topological polar surface area (TPSA) is 94.6 Å². The molecule has 2 aliphatic rings. The summed E-state index contributed by atoms with van der Waals surface area (Å²) in [4.78, 5) is 37.4. The number of ether oxygens (including phenoxy) is 1. The highest BCUT2D eigenvalue weighted by Crippen LogP contribution is 2.34. The third-order valence-electron chi connectivity index (χ3n) is 5.93. The monoisotopic (exact) mass is 446 g/mol. The van der Waals surface area contributed by atoms with Crippen molar-refractivity contribution in [3.8, 4) is 0 Å². The quantitative estimate of drug-likeness (QED) is 0.351. The van der Waals surface area contributed by atoms with E-state index in [1.165, 1.54) is 35.9 Å².